The van der Waals surface area contributed by atoms with Crippen molar-refractivity contribution in [1.82, 2.24) is 9.29 Å². The highest BCUT2D eigenvalue weighted by molar-refractivity contribution is 7.89. The highest BCUT2D eigenvalue weighted by Gasteiger charge is 2.20. The van der Waals surface area contributed by atoms with Gasteiger partial charge in [0.2, 0.25) is 15.9 Å². The van der Waals surface area contributed by atoms with E-state index in [1.54, 1.807) is 30.3 Å². The molecule has 7 heteroatoms. The highest BCUT2D eigenvalue weighted by Crippen LogP contribution is 2.22. The van der Waals surface area contributed by atoms with E-state index in [9.17, 15) is 13.2 Å². The predicted octanol–water partition coefficient (Wildman–Crippen LogP) is 4.23. The van der Waals surface area contributed by atoms with Crippen molar-refractivity contribution >= 4 is 38.6 Å². The Hall–Kier alpha value is -3.03. The maximum Gasteiger partial charge on any atom is 0.248 e. The van der Waals surface area contributed by atoms with Crippen molar-refractivity contribution < 1.29 is 13.2 Å². The van der Waals surface area contributed by atoms with E-state index in [1.807, 2.05) is 51.1 Å². The quantitative estimate of drug-likeness (QED) is 0.577. The van der Waals surface area contributed by atoms with E-state index in [0.717, 1.165) is 22.2 Å². The van der Waals surface area contributed by atoms with Gasteiger partial charge in [-0.2, -0.15) is 4.31 Å². The monoisotopic (exact) mass is 423 g/mol. The maximum absolute atomic E-state index is 12.5. The van der Waals surface area contributed by atoms with E-state index < -0.39 is 10.0 Å². The number of sulfonamides is 1. The van der Waals surface area contributed by atoms with Crippen molar-refractivity contribution in [3.8, 4) is 0 Å². The number of aryl methyl sites for hydroxylation is 1. The van der Waals surface area contributed by atoms with Crippen molar-refractivity contribution in [1.29, 1.82) is 0 Å². The molecule has 0 spiro atoms. The van der Waals surface area contributed by atoms with Crippen LogP contribution in [0, 0.1) is 6.92 Å². The molecular weight excluding hydrogens is 398 g/mol. The molecule has 0 bridgehead atoms. The number of nitrogens with zero attached hydrogens (tertiary/aromatic N) is 2. The number of fused-ring (bicyclic) bond motifs is 1. The Labute approximate surface area is 177 Å². The number of hydrogen-bond donors (Lipinski definition) is 1. The lowest BCUT2D eigenvalue weighted by Crippen LogP contribution is -2.30. The van der Waals surface area contributed by atoms with Crippen molar-refractivity contribution in [3.05, 3.63) is 71.9 Å². The third-order valence-corrected chi connectivity index (χ3v) is 6.83. The predicted molar refractivity (Wildman–Crippen MR) is 121 cm³/mol. The van der Waals surface area contributed by atoms with Crippen molar-refractivity contribution in [2.45, 2.75) is 25.7 Å². The van der Waals surface area contributed by atoms with Crippen LogP contribution in [0.1, 0.15) is 25.1 Å². The zero-order valence-electron chi connectivity index (χ0n) is 17.3. The number of para-hydroxylation sites is 1. The molecule has 0 aliphatic heterocycles. The van der Waals surface area contributed by atoms with Gasteiger partial charge in [-0.1, -0.05) is 44.2 Å². The minimum absolute atomic E-state index is 0.241. The van der Waals surface area contributed by atoms with Crippen LogP contribution in [-0.2, 0) is 14.8 Å². The van der Waals surface area contributed by atoms with Gasteiger partial charge in [0.25, 0.3) is 0 Å². The van der Waals surface area contributed by atoms with E-state index in [1.165, 1.54) is 10.4 Å². The van der Waals surface area contributed by atoms with Gasteiger partial charge in [0.1, 0.15) is 0 Å². The number of anilines is 1. The third-order valence-electron chi connectivity index (χ3n) is 4.77. The second-order valence-electron chi connectivity index (χ2n) is 6.81. The van der Waals surface area contributed by atoms with Gasteiger partial charge in [0.05, 0.1) is 16.1 Å². The third kappa shape index (κ3) is 4.75. The number of rotatable bonds is 7. The summed E-state index contributed by atoms with van der Waals surface area (Å²) in [6.45, 7) is 6.36. The highest BCUT2D eigenvalue weighted by atomic mass is 32.2. The standard InChI is InChI=1S/C23H25N3O3S/c1-4-26(5-2)30(28,29)20-14-10-18(11-15-20)12-16-22(27)25-21-8-6-7-19-13-9-17(3)24-23(19)21/h6-16H,4-5H2,1-3H3,(H,25,27)/b16-12+. The summed E-state index contributed by atoms with van der Waals surface area (Å²) in [7, 11) is -3.49. The van der Waals surface area contributed by atoms with Gasteiger partial charge < -0.3 is 5.32 Å². The summed E-state index contributed by atoms with van der Waals surface area (Å²) in [6.07, 6.45) is 3.06. The largest absolute Gasteiger partial charge is 0.321 e. The van der Waals surface area contributed by atoms with Crippen LogP contribution in [0.5, 0.6) is 0 Å². The van der Waals surface area contributed by atoms with Gasteiger partial charge in [-0.3, -0.25) is 9.78 Å². The van der Waals surface area contributed by atoms with Gasteiger partial charge in [0, 0.05) is 30.2 Å². The van der Waals surface area contributed by atoms with E-state index in [4.69, 9.17) is 0 Å². The molecule has 3 rings (SSSR count). The van der Waals surface area contributed by atoms with Crippen molar-refractivity contribution in [3.63, 3.8) is 0 Å². The number of amides is 1. The van der Waals surface area contributed by atoms with Crippen LogP contribution in [-0.4, -0.2) is 36.7 Å². The van der Waals surface area contributed by atoms with E-state index in [0.29, 0.717) is 18.8 Å². The van der Waals surface area contributed by atoms with E-state index in [2.05, 4.69) is 10.3 Å². The first-order chi connectivity index (χ1) is 14.3. The molecule has 0 fully saturated rings. The van der Waals surface area contributed by atoms with Crippen LogP contribution in [0.3, 0.4) is 0 Å². The summed E-state index contributed by atoms with van der Waals surface area (Å²) in [4.78, 5) is 17.1. The Balaban J connectivity index is 1.74. The molecule has 6 nitrogen and oxygen atoms in total. The SMILES string of the molecule is CCN(CC)S(=O)(=O)c1ccc(/C=C/C(=O)Nc2cccc3ccc(C)nc23)cc1. The summed E-state index contributed by atoms with van der Waals surface area (Å²) in [5.41, 5.74) is 2.99. The molecule has 0 unspecified atom stereocenters. The summed E-state index contributed by atoms with van der Waals surface area (Å²) in [5, 5.41) is 3.81. The summed E-state index contributed by atoms with van der Waals surface area (Å²) in [5.74, 6) is -0.286. The molecule has 156 valence electrons. The smallest absolute Gasteiger partial charge is 0.248 e. The molecule has 0 aliphatic carbocycles. The normalized spacial score (nSPS) is 12.0. The molecule has 0 radical (unpaired) electrons. The second-order valence-corrected chi connectivity index (χ2v) is 8.75. The molecule has 0 saturated heterocycles. The fourth-order valence-corrected chi connectivity index (χ4v) is 4.61. The van der Waals surface area contributed by atoms with E-state index >= 15 is 0 Å². The van der Waals surface area contributed by atoms with Gasteiger partial charge in [0.15, 0.2) is 0 Å². The van der Waals surface area contributed by atoms with E-state index in [-0.39, 0.29) is 10.8 Å². The maximum atomic E-state index is 12.5. The molecule has 2 aromatic carbocycles. The van der Waals surface area contributed by atoms with Crippen LogP contribution in [0.25, 0.3) is 17.0 Å². The topological polar surface area (TPSA) is 79.4 Å². The number of hydrogen-bond acceptors (Lipinski definition) is 4. The van der Waals surface area contributed by atoms with Gasteiger partial charge in [-0.25, -0.2) is 8.42 Å². The lowest BCUT2D eigenvalue weighted by molar-refractivity contribution is -0.111. The van der Waals surface area contributed by atoms with Crippen molar-refractivity contribution in [2.75, 3.05) is 18.4 Å². The Morgan fingerprint density at radius 3 is 2.40 bits per heavy atom. The number of nitrogens with one attached hydrogen (secondary N) is 1. The minimum Gasteiger partial charge on any atom is -0.321 e. The molecule has 1 N–H and O–H groups in total. The average molecular weight is 424 g/mol. The van der Waals surface area contributed by atoms with Gasteiger partial charge in [-0.15, -0.1) is 0 Å². The number of benzene rings is 2. The van der Waals surface area contributed by atoms with Crippen LogP contribution in [0.4, 0.5) is 5.69 Å². The Kier molecular flexibility index (Phi) is 6.64. The number of carbonyl (C=O) groups excluding carboxylic acids is 1. The number of aromatic nitrogens is 1. The number of pyridine rings is 1. The zero-order chi connectivity index (χ0) is 21.7. The summed E-state index contributed by atoms with van der Waals surface area (Å²) < 4.78 is 26.5. The Morgan fingerprint density at radius 1 is 1.03 bits per heavy atom. The molecule has 1 heterocycles. The first-order valence-electron chi connectivity index (χ1n) is 9.80. The molecule has 1 aromatic heterocycles. The van der Waals surface area contributed by atoms with Crippen LogP contribution >= 0.6 is 0 Å². The van der Waals surface area contributed by atoms with Gasteiger partial charge >= 0.3 is 0 Å². The molecule has 30 heavy (non-hydrogen) atoms. The van der Waals surface area contributed by atoms with Crippen LogP contribution in [0.2, 0.25) is 0 Å². The van der Waals surface area contributed by atoms with Crippen molar-refractivity contribution in [2.24, 2.45) is 0 Å². The molecule has 0 atom stereocenters. The van der Waals surface area contributed by atoms with Gasteiger partial charge in [-0.05, 0) is 42.8 Å². The molecule has 3 aromatic rings. The lowest BCUT2D eigenvalue weighted by Gasteiger charge is -2.18. The minimum atomic E-state index is -3.49. The summed E-state index contributed by atoms with van der Waals surface area (Å²) >= 11 is 0. The molecule has 0 saturated carbocycles. The van der Waals surface area contributed by atoms with Crippen LogP contribution in [0.15, 0.2) is 65.6 Å². The lowest BCUT2D eigenvalue weighted by atomic mass is 10.1. The first kappa shape index (κ1) is 21.7. The zero-order valence-corrected chi connectivity index (χ0v) is 18.1. The Morgan fingerprint density at radius 2 is 1.73 bits per heavy atom. The molecule has 0 aliphatic rings. The molecular formula is C23H25N3O3S. The fraction of sp³-hybridized carbons (Fsp3) is 0.217. The first-order valence-corrected chi connectivity index (χ1v) is 11.2. The molecule has 1 amide bonds. The number of carbonyl (C=O) groups is 1. The Bertz CT molecular complexity index is 1180. The average Bonchev–Trinajstić information content (AvgIpc) is 2.73. The summed E-state index contributed by atoms with van der Waals surface area (Å²) in [6, 6.07) is 16.0. The second kappa shape index (κ2) is 9.19. The fourth-order valence-electron chi connectivity index (χ4n) is 3.16. The van der Waals surface area contributed by atoms with Crippen LogP contribution < -0.4 is 5.32 Å².